The first kappa shape index (κ1) is 14.9. The summed E-state index contributed by atoms with van der Waals surface area (Å²) < 4.78 is 6.55. The first-order chi connectivity index (χ1) is 10.2. The van der Waals surface area contributed by atoms with E-state index >= 15 is 0 Å². The normalized spacial score (nSPS) is 21.6. The molecule has 1 N–H and O–H groups in total. The number of hydrogen-bond donors (Lipinski definition) is 1. The second kappa shape index (κ2) is 6.39. The van der Waals surface area contributed by atoms with Crippen molar-refractivity contribution < 1.29 is 4.74 Å². The predicted molar refractivity (Wildman–Crippen MR) is 88.0 cm³/mol. The van der Waals surface area contributed by atoms with Gasteiger partial charge in [0.05, 0.1) is 0 Å². The van der Waals surface area contributed by atoms with Crippen molar-refractivity contribution in [3.05, 3.63) is 29.8 Å². The van der Waals surface area contributed by atoms with Gasteiger partial charge in [-0.1, -0.05) is 32.0 Å². The molecule has 3 rings (SSSR count). The second-order valence-corrected chi connectivity index (χ2v) is 6.96. The Kier molecular flexibility index (Phi) is 4.54. The molecule has 2 fully saturated rings. The molecule has 1 atom stereocenters. The molecule has 0 bridgehead atoms. The Labute approximate surface area is 129 Å². The fraction of sp³-hybridized carbons (Fsp3) is 0.684. The minimum Gasteiger partial charge on any atom is -0.487 e. The highest BCUT2D eigenvalue weighted by Gasteiger charge is 2.39. The molecule has 0 aromatic heterocycles. The standard InChI is InChI=1S/C19H29NO/c1-3-15(2)17-7-4-5-8-18(17)21-19(11-6-12-19)13-14-20-16-9-10-16/h4-5,7-8,15-16,20H,3,6,9-14H2,1-2H3. The van der Waals surface area contributed by atoms with Crippen LogP contribution in [0.3, 0.4) is 0 Å². The summed E-state index contributed by atoms with van der Waals surface area (Å²) in [4.78, 5) is 0. The van der Waals surface area contributed by atoms with E-state index in [0.717, 1.165) is 31.2 Å². The molecule has 2 aliphatic carbocycles. The van der Waals surface area contributed by atoms with Crippen LogP contribution in [0, 0.1) is 0 Å². The Balaban J connectivity index is 1.65. The third kappa shape index (κ3) is 3.60. The average molecular weight is 287 g/mol. The van der Waals surface area contributed by atoms with Crippen molar-refractivity contribution in [2.45, 2.75) is 76.4 Å². The average Bonchev–Trinajstić information content (AvgIpc) is 3.28. The van der Waals surface area contributed by atoms with E-state index in [4.69, 9.17) is 4.74 Å². The van der Waals surface area contributed by atoms with Crippen molar-refractivity contribution in [3.8, 4) is 5.75 Å². The molecule has 2 aliphatic rings. The smallest absolute Gasteiger partial charge is 0.123 e. The number of rotatable bonds is 8. The van der Waals surface area contributed by atoms with E-state index in [1.54, 1.807) is 0 Å². The zero-order valence-electron chi connectivity index (χ0n) is 13.5. The highest BCUT2D eigenvalue weighted by Crippen LogP contribution is 2.41. The summed E-state index contributed by atoms with van der Waals surface area (Å²) in [5.41, 5.74) is 1.48. The Bertz CT molecular complexity index is 462. The summed E-state index contributed by atoms with van der Waals surface area (Å²) in [7, 11) is 0. The lowest BCUT2D eigenvalue weighted by atomic mass is 9.77. The van der Waals surface area contributed by atoms with Gasteiger partial charge < -0.3 is 10.1 Å². The molecule has 0 radical (unpaired) electrons. The number of para-hydroxylation sites is 1. The zero-order valence-corrected chi connectivity index (χ0v) is 13.5. The first-order valence-electron chi connectivity index (χ1n) is 8.74. The van der Waals surface area contributed by atoms with Crippen LogP contribution >= 0.6 is 0 Å². The Morgan fingerprint density at radius 2 is 2.05 bits per heavy atom. The van der Waals surface area contributed by atoms with Crippen LogP contribution < -0.4 is 10.1 Å². The van der Waals surface area contributed by atoms with E-state index < -0.39 is 0 Å². The first-order valence-corrected chi connectivity index (χ1v) is 8.74. The van der Waals surface area contributed by atoms with Crippen LogP contribution in [0.15, 0.2) is 24.3 Å². The zero-order chi connectivity index (χ0) is 14.7. The molecule has 1 aromatic carbocycles. The Morgan fingerprint density at radius 1 is 1.29 bits per heavy atom. The van der Waals surface area contributed by atoms with Crippen LogP contribution in [0.5, 0.6) is 5.75 Å². The van der Waals surface area contributed by atoms with Gasteiger partial charge in [-0.05, 0) is 69.0 Å². The molecule has 0 spiro atoms. The second-order valence-electron chi connectivity index (χ2n) is 6.96. The van der Waals surface area contributed by atoms with Crippen LogP contribution in [0.2, 0.25) is 0 Å². The predicted octanol–water partition coefficient (Wildman–Crippen LogP) is 4.64. The van der Waals surface area contributed by atoms with E-state index in [9.17, 15) is 0 Å². The minimum atomic E-state index is 0.103. The van der Waals surface area contributed by atoms with Crippen LogP contribution in [-0.2, 0) is 0 Å². The molecule has 2 nitrogen and oxygen atoms in total. The molecule has 2 heteroatoms. The summed E-state index contributed by atoms with van der Waals surface area (Å²) in [5, 5.41) is 3.63. The van der Waals surface area contributed by atoms with Crippen LogP contribution in [-0.4, -0.2) is 18.2 Å². The fourth-order valence-electron chi connectivity index (χ4n) is 3.20. The monoisotopic (exact) mass is 287 g/mol. The van der Waals surface area contributed by atoms with Gasteiger partial charge in [-0.2, -0.15) is 0 Å². The van der Waals surface area contributed by atoms with Gasteiger partial charge in [-0.15, -0.1) is 0 Å². The van der Waals surface area contributed by atoms with Crippen molar-refractivity contribution in [1.29, 1.82) is 0 Å². The fourth-order valence-corrected chi connectivity index (χ4v) is 3.20. The van der Waals surface area contributed by atoms with E-state index in [2.05, 4.69) is 43.4 Å². The van der Waals surface area contributed by atoms with Gasteiger partial charge in [0.2, 0.25) is 0 Å². The molecule has 1 unspecified atom stereocenters. The van der Waals surface area contributed by atoms with Gasteiger partial charge in [0.25, 0.3) is 0 Å². The van der Waals surface area contributed by atoms with Crippen molar-refractivity contribution in [2.24, 2.45) is 0 Å². The number of benzene rings is 1. The summed E-state index contributed by atoms with van der Waals surface area (Å²) in [6, 6.07) is 9.44. The van der Waals surface area contributed by atoms with E-state index in [0.29, 0.717) is 5.92 Å². The summed E-state index contributed by atoms with van der Waals surface area (Å²) in [6.45, 7) is 5.65. The molecule has 0 aliphatic heterocycles. The summed E-state index contributed by atoms with van der Waals surface area (Å²) in [5.74, 6) is 1.70. The number of hydrogen-bond acceptors (Lipinski definition) is 2. The molecule has 1 aromatic rings. The van der Waals surface area contributed by atoms with E-state index in [1.165, 1.54) is 37.7 Å². The third-order valence-electron chi connectivity index (χ3n) is 5.24. The molecular formula is C19H29NO. The maximum absolute atomic E-state index is 6.55. The number of nitrogens with one attached hydrogen (secondary N) is 1. The minimum absolute atomic E-state index is 0.103. The largest absolute Gasteiger partial charge is 0.487 e. The molecule has 116 valence electrons. The maximum atomic E-state index is 6.55. The van der Waals surface area contributed by atoms with Crippen molar-refractivity contribution in [2.75, 3.05) is 6.54 Å². The van der Waals surface area contributed by atoms with Gasteiger partial charge in [0.1, 0.15) is 11.4 Å². The molecule has 0 saturated heterocycles. The Morgan fingerprint density at radius 3 is 2.67 bits per heavy atom. The van der Waals surface area contributed by atoms with Crippen molar-refractivity contribution >= 4 is 0 Å². The lowest BCUT2D eigenvalue weighted by molar-refractivity contribution is -0.0152. The topological polar surface area (TPSA) is 21.3 Å². The summed E-state index contributed by atoms with van der Waals surface area (Å²) >= 11 is 0. The number of ether oxygens (including phenoxy) is 1. The quantitative estimate of drug-likeness (QED) is 0.752. The maximum Gasteiger partial charge on any atom is 0.123 e. The lowest BCUT2D eigenvalue weighted by Gasteiger charge is -2.43. The third-order valence-corrected chi connectivity index (χ3v) is 5.24. The van der Waals surface area contributed by atoms with Gasteiger partial charge in [-0.25, -0.2) is 0 Å². The van der Waals surface area contributed by atoms with Gasteiger partial charge in [0, 0.05) is 6.04 Å². The van der Waals surface area contributed by atoms with Crippen LogP contribution in [0.25, 0.3) is 0 Å². The van der Waals surface area contributed by atoms with Gasteiger partial charge in [-0.3, -0.25) is 0 Å². The van der Waals surface area contributed by atoms with E-state index in [-0.39, 0.29) is 5.60 Å². The molecule has 2 saturated carbocycles. The van der Waals surface area contributed by atoms with Crippen molar-refractivity contribution in [1.82, 2.24) is 5.32 Å². The highest BCUT2D eigenvalue weighted by molar-refractivity contribution is 5.36. The Hall–Kier alpha value is -1.02. The molecule has 0 amide bonds. The SMILES string of the molecule is CCC(C)c1ccccc1OC1(CCNC2CC2)CCC1. The van der Waals surface area contributed by atoms with Crippen molar-refractivity contribution in [3.63, 3.8) is 0 Å². The highest BCUT2D eigenvalue weighted by atomic mass is 16.5. The molecule has 0 heterocycles. The summed E-state index contributed by atoms with van der Waals surface area (Å²) in [6.07, 6.45) is 8.79. The molecular weight excluding hydrogens is 258 g/mol. The molecule has 21 heavy (non-hydrogen) atoms. The van der Waals surface area contributed by atoms with Crippen LogP contribution in [0.1, 0.15) is 70.3 Å². The van der Waals surface area contributed by atoms with E-state index in [1.807, 2.05) is 0 Å². The van der Waals surface area contributed by atoms with Crippen LogP contribution in [0.4, 0.5) is 0 Å². The lowest BCUT2D eigenvalue weighted by Crippen LogP contribution is -2.45. The van der Waals surface area contributed by atoms with Gasteiger partial charge in [0.15, 0.2) is 0 Å². The van der Waals surface area contributed by atoms with Gasteiger partial charge >= 0.3 is 0 Å².